The van der Waals surface area contributed by atoms with Crippen LogP contribution in [0.5, 0.6) is 0 Å². The number of aromatic amines is 1. The second kappa shape index (κ2) is 7.94. The van der Waals surface area contributed by atoms with Gasteiger partial charge in [-0.3, -0.25) is 5.10 Å². The number of aromatic nitrogens is 2. The molecule has 3 aliphatic rings. The van der Waals surface area contributed by atoms with Gasteiger partial charge >= 0.3 is 5.97 Å². The monoisotopic (exact) mass is 378 g/mol. The molecule has 2 bridgehead atoms. The minimum atomic E-state index is -0.304. The summed E-state index contributed by atoms with van der Waals surface area (Å²) < 4.78 is 4.96. The van der Waals surface area contributed by atoms with Crippen LogP contribution in [0, 0.1) is 12.8 Å². The molecule has 2 N–H and O–H groups in total. The Balaban J connectivity index is 0.00000196. The van der Waals surface area contributed by atoms with Crippen molar-refractivity contribution in [2.24, 2.45) is 5.92 Å². The van der Waals surface area contributed by atoms with E-state index >= 15 is 0 Å². The molecule has 1 unspecified atom stereocenters. The number of halogens is 1. The predicted molar refractivity (Wildman–Crippen MR) is 104 cm³/mol. The minimum Gasteiger partial charge on any atom is -0.465 e. The fourth-order valence-electron chi connectivity index (χ4n) is 4.39. The Morgan fingerprint density at radius 2 is 2.15 bits per heavy atom. The highest BCUT2D eigenvalue weighted by molar-refractivity contribution is 6.05. The van der Waals surface area contributed by atoms with Gasteiger partial charge in [-0.1, -0.05) is 0 Å². The molecule has 7 heteroatoms. The lowest BCUT2D eigenvalue weighted by molar-refractivity contribution is 0.0603. The highest BCUT2D eigenvalue weighted by atomic mass is 35.5. The first-order valence-corrected chi connectivity index (χ1v) is 9.17. The Labute approximate surface area is 160 Å². The first kappa shape index (κ1) is 19.1. The molecular formula is C19H27ClN4O2. The largest absolute Gasteiger partial charge is 0.465 e. The van der Waals surface area contributed by atoms with Gasteiger partial charge in [-0.25, -0.2) is 4.79 Å². The molecule has 0 saturated carbocycles. The van der Waals surface area contributed by atoms with E-state index in [0.29, 0.717) is 11.6 Å². The van der Waals surface area contributed by atoms with Gasteiger partial charge in [0.15, 0.2) is 0 Å². The molecule has 5 rings (SSSR count). The van der Waals surface area contributed by atoms with Crippen molar-refractivity contribution in [2.75, 3.05) is 33.3 Å². The number of nitrogens with zero attached hydrogens (tertiary/aromatic N) is 2. The van der Waals surface area contributed by atoms with E-state index in [1.165, 1.54) is 39.6 Å². The van der Waals surface area contributed by atoms with Crippen molar-refractivity contribution >= 4 is 29.3 Å². The molecule has 3 saturated heterocycles. The fraction of sp³-hybridized carbons (Fsp3) is 0.579. The molecule has 1 aromatic carbocycles. The maximum Gasteiger partial charge on any atom is 0.338 e. The van der Waals surface area contributed by atoms with E-state index in [-0.39, 0.29) is 18.4 Å². The number of methoxy groups -OCH3 is 1. The Hall–Kier alpha value is -1.63. The molecule has 0 spiro atoms. The number of aryl methyl sites for hydroxylation is 1. The summed E-state index contributed by atoms with van der Waals surface area (Å²) in [6, 6.07) is 4.50. The average Bonchev–Trinajstić information content (AvgIpc) is 3.04. The van der Waals surface area contributed by atoms with E-state index in [1.54, 1.807) is 0 Å². The number of nitrogens with one attached hydrogen (secondary N) is 2. The average molecular weight is 379 g/mol. The molecule has 3 fully saturated rings. The van der Waals surface area contributed by atoms with Crippen molar-refractivity contribution in [1.29, 1.82) is 0 Å². The van der Waals surface area contributed by atoms with Gasteiger partial charge in [0.25, 0.3) is 0 Å². The van der Waals surface area contributed by atoms with Crippen LogP contribution >= 0.6 is 12.4 Å². The van der Waals surface area contributed by atoms with E-state index in [0.717, 1.165) is 41.0 Å². The number of ether oxygens (including phenoxy) is 1. The summed E-state index contributed by atoms with van der Waals surface area (Å²) in [4.78, 5) is 14.7. The van der Waals surface area contributed by atoms with Gasteiger partial charge in [0.1, 0.15) is 0 Å². The van der Waals surface area contributed by atoms with Crippen molar-refractivity contribution in [1.82, 2.24) is 20.4 Å². The molecule has 6 nitrogen and oxygen atoms in total. The Morgan fingerprint density at radius 3 is 2.81 bits per heavy atom. The minimum absolute atomic E-state index is 0. The van der Waals surface area contributed by atoms with Gasteiger partial charge in [0, 0.05) is 30.9 Å². The van der Waals surface area contributed by atoms with Crippen LogP contribution in [0.15, 0.2) is 12.1 Å². The number of benzene rings is 1. The van der Waals surface area contributed by atoms with Crippen LogP contribution in [0.3, 0.4) is 0 Å². The summed E-state index contributed by atoms with van der Waals surface area (Å²) in [5.74, 6) is 0.510. The zero-order chi connectivity index (χ0) is 17.4. The van der Waals surface area contributed by atoms with Crippen molar-refractivity contribution < 1.29 is 9.53 Å². The Morgan fingerprint density at radius 1 is 1.38 bits per heavy atom. The van der Waals surface area contributed by atoms with Crippen molar-refractivity contribution in [3.8, 4) is 0 Å². The highest BCUT2D eigenvalue weighted by Gasteiger charge is 2.33. The van der Waals surface area contributed by atoms with Crippen LogP contribution in [0.4, 0.5) is 0 Å². The van der Waals surface area contributed by atoms with E-state index < -0.39 is 0 Å². The normalized spacial score (nSPS) is 24.5. The van der Waals surface area contributed by atoms with Crippen LogP contribution in [-0.4, -0.2) is 60.4 Å². The molecule has 142 valence electrons. The molecular weight excluding hydrogens is 352 g/mol. The number of H-pyrrole nitrogens is 1. The lowest BCUT2D eigenvalue weighted by atomic mass is 9.84. The molecule has 26 heavy (non-hydrogen) atoms. The summed E-state index contributed by atoms with van der Waals surface area (Å²) >= 11 is 0. The summed E-state index contributed by atoms with van der Waals surface area (Å²) in [6.07, 6.45) is 3.43. The summed E-state index contributed by atoms with van der Waals surface area (Å²) in [5, 5.41) is 12.1. The first-order valence-electron chi connectivity index (χ1n) is 9.17. The Kier molecular flexibility index (Phi) is 5.85. The van der Waals surface area contributed by atoms with Crippen LogP contribution in [0.2, 0.25) is 0 Å². The van der Waals surface area contributed by atoms with Crippen LogP contribution in [-0.2, 0) is 11.2 Å². The smallest absolute Gasteiger partial charge is 0.338 e. The summed E-state index contributed by atoms with van der Waals surface area (Å²) in [6.45, 7) is 6.53. The molecule has 1 aromatic heterocycles. The first-order chi connectivity index (χ1) is 12.2. The third-order valence-corrected chi connectivity index (χ3v) is 5.71. The van der Waals surface area contributed by atoms with Gasteiger partial charge in [0.2, 0.25) is 0 Å². The van der Waals surface area contributed by atoms with E-state index in [4.69, 9.17) is 4.74 Å². The molecule has 4 heterocycles. The van der Waals surface area contributed by atoms with Gasteiger partial charge in [-0.05, 0) is 56.5 Å². The second-order valence-electron chi connectivity index (χ2n) is 7.35. The Bertz CT molecular complexity index is 783. The number of fused-ring (bicyclic) bond motifs is 4. The number of carbonyl (C=O) groups excluding carboxylic acids is 1. The number of carbonyl (C=O) groups is 1. The van der Waals surface area contributed by atoms with E-state index in [1.807, 2.05) is 19.1 Å². The maximum atomic E-state index is 12.2. The number of hydrogen-bond donors (Lipinski definition) is 2. The predicted octanol–water partition coefficient (Wildman–Crippen LogP) is 2.31. The second-order valence-corrected chi connectivity index (χ2v) is 7.35. The molecule has 2 aromatic rings. The zero-order valence-corrected chi connectivity index (χ0v) is 16.2. The third-order valence-electron chi connectivity index (χ3n) is 5.71. The summed E-state index contributed by atoms with van der Waals surface area (Å²) in [5.41, 5.74) is 3.46. The van der Waals surface area contributed by atoms with Gasteiger partial charge in [-0.15, -0.1) is 12.4 Å². The molecule has 3 aliphatic heterocycles. The maximum absolute atomic E-state index is 12.2. The van der Waals surface area contributed by atoms with Crippen LogP contribution < -0.4 is 5.32 Å². The van der Waals surface area contributed by atoms with E-state index in [2.05, 4.69) is 20.4 Å². The number of piperidine rings is 3. The summed E-state index contributed by atoms with van der Waals surface area (Å²) in [7, 11) is 1.42. The molecule has 0 amide bonds. The lowest BCUT2D eigenvalue weighted by Gasteiger charge is -2.45. The third kappa shape index (κ3) is 3.59. The number of esters is 1. The van der Waals surface area contributed by atoms with Crippen molar-refractivity contribution in [3.05, 3.63) is 29.0 Å². The van der Waals surface area contributed by atoms with Gasteiger partial charge < -0.3 is 15.0 Å². The van der Waals surface area contributed by atoms with Gasteiger partial charge in [-0.2, -0.15) is 5.10 Å². The van der Waals surface area contributed by atoms with Crippen LogP contribution in [0.1, 0.15) is 34.5 Å². The molecule has 0 aliphatic carbocycles. The topological polar surface area (TPSA) is 70.2 Å². The van der Waals surface area contributed by atoms with Crippen molar-refractivity contribution in [2.45, 2.75) is 32.2 Å². The zero-order valence-electron chi connectivity index (χ0n) is 15.4. The van der Waals surface area contributed by atoms with Gasteiger partial charge in [0.05, 0.1) is 23.9 Å². The SMILES string of the molecule is COC(=O)c1cc(C)cc2[nH]nc(CCNC3CN4CCC3CC4)c12.Cl. The van der Waals surface area contributed by atoms with E-state index in [9.17, 15) is 4.79 Å². The molecule has 0 radical (unpaired) electrons. The lowest BCUT2D eigenvalue weighted by Crippen LogP contribution is -2.56. The van der Waals surface area contributed by atoms with Crippen LogP contribution in [0.25, 0.3) is 10.9 Å². The number of hydrogen-bond acceptors (Lipinski definition) is 5. The highest BCUT2D eigenvalue weighted by Crippen LogP contribution is 2.28. The standard InChI is InChI=1S/C19H26N4O2.ClH/c1-12-9-14(19(24)25-2)18-15(21-22-16(18)10-12)3-6-20-17-11-23-7-4-13(17)5-8-23;/h9-10,13,17,20H,3-8,11H2,1-2H3,(H,21,22);1H. The quantitative estimate of drug-likeness (QED) is 0.781. The fourth-order valence-corrected chi connectivity index (χ4v) is 4.39. The number of rotatable bonds is 5. The van der Waals surface area contributed by atoms with Crippen molar-refractivity contribution in [3.63, 3.8) is 0 Å². The molecule has 1 atom stereocenters.